The number of thioether (sulfide) groups is 1. The van der Waals surface area contributed by atoms with Gasteiger partial charge in [0.15, 0.2) is 9.84 Å². The summed E-state index contributed by atoms with van der Waals surface area (Å²) in [6.07, 6.45) is 0.309. The van der Waals surface area contributed by atoms with E-state index < -0.39 is 46.3 Å². The Hall–Kier alpha value is -4.99. The van der Waals surface area contributed by atoms with Crippen LogP contribution in [0.3, 0.4) is 0 Å². The van der Waals surface area contributed by atoms with Crippen molar-refractivity contribution in [1.82, 2.24) is 19.4 Å². The zero-order chi connectivity index (χ0) is 53.6. The van der Waals surface area contributed by atoms with Gasteiger partial charge in [-0.2, -0.15) is 0 Å². The van der Waals surface area contributed by atoms with Crippen LogP contribution in [0.15, 0.2) is 136 Å². The maximum Gasteiger partial charge on any atom is 0.510 e. The first-order chi connectivity index (χ1) is 35.9. The second-order valence-electron chi connectivity index (χ2n) is 18.5. The van der Waals surface area contributed by atoms with Gasteiger partial charge < -0.3 is 29.1 Å². The summed E-state index contributed by atoms with van der Waals surface area (Å²) in [5, 5.41) is 4.11. The van der Waals surface area contributed by atoms with Crippen LogP contribution in [0.1, 0.15) is 43.1 Å². The summed E-state index contributed by atoms with van der Waals surface area (Å²) >= 11 is 7.75. The zero-order valence-corrected chi connectivity index (χ0v) is 46.7. The van der Waals surface area contributed by atoms with Gasteiger partial charge in [0.25, 0.3) is 15.9 Å². The second-order valence-corrected chi connectivity index (χ2v) is 25.7. The first-order valence-electron chi connectivity index (χ1n) is 24.8. The number of sulfonamides is 1. The maximum atomic E-state index is 13.8. The lowest BCUT2D eigenvalue weighted by Gasteiger charge is -2.36. The van der Waals surface area contributed by atoms with E-state index in [9.17, 15) is 31.0 Å². The molecule has 17 nitrogen and oxygen atoms in total. The van der Waals surface area contributed by atoms with Crippen molar-refractivity contribution in [1.29, 1.82) is 0 Å². The van der Waals surface area contributed by atoms with Crippen LogP contribution in [0, 0.1) is 0 Å². The minimum Gasteiger partial charge on any atom is -0.432 e. The SMILES string of the molecule is CCOP(=O)(CN1CCN(CC[C@H](CSc2ccccc2)Nc2ccc(S(=O)(=O)NC(=O)c3ccc(N4CCN(Cc5ccccc5-c5ccc(Cl)cc5)CC4)cc3)cc2S(C)(=O)=O)CC1)OCOC(=O)OC(C)C. The Labute approximate surface area is 450 Å². The van der Waals surface area contributed by atoms with Gasteiger partial charge in [0.05, 0.1) is 28.2 Å². The molecule has 2 heterocycles. The normalized spacial score (nSPS) is 16.3. The fraction of sp³-hybridized carbons (Fsp3) is 0.396. The molecule has 1 amide bonds. The molecular weight excluding hydrogens is 1060 g/mol. The summed E-state index contributed by atoms with van der Waals surface area (Å²) < 4.78 is 90.7. The summed E-state index contributed by atoms with van der Waals surface area (Å²) in [6.45, 7) is 11.6. The number of benzene rings is 5. The lowest BCUT2D eigenvalue weighted by atomic mass is 9.99. The van der Waals surface area contributed by atoms with E-state index in [-0.39, 0.29) is 46.1 Å². The molecule has 0 aromatic heterocycles. The smallest absolute Gasteiger partial charge is 0.432 e. The zero-order valence-electron chi connectivity index (χ0n) is 42.6. The predicted octanol–water partition coefficient (Wildman–Crippen LogP) is 9.15. The van der Waals surface area contributed by atoms with Crippen molar-refractivity contribution in [3.8, 4) is 11.1 Å². The molecule has 5 aromatic carbocycles. The van der Waals surface area contributed by atoms with Crippen LogP contribution in [0.4, 0.5) is 16.2 Å². The molecule has 2 atom stereocenters. The third kappa shape index (κ3) is 17.3. The van der Waals surface area contributed by atoms with Gasteiger partial charge in [0.1, 0.15) is 6.29 Å². The lowest BCUT2D eigenvalue weighted by Crippen LogP contribution is -2.47. The third-order valence-corrected chi connectivity index (χ3v) is 18.4. The summed E-state index contributed by atoms with van der Waals surface area (Å²) in [5.74, 6) is -0.291. The van der Waals surface area contributed by atoms with Crippen molar-refractivity contribution in [3.05, 3.63) is 137 Å². The largest absolute Gasteiger partial charge is 0.510 e. The molecule has 75 heavy (non-hydrogen) atoms. The first-order valence-corrected chi connectivity index (χ1v) is 31.3. The number of anilines is 2. The molecule has 0 radical (unpaired) electrons. The Balaban J connectivity index is 0.945. The summed E-state index contributed by atoms with van der Waals surface area (Å²) in [6, 6.07) is 36.3. The predicted molar refractivity (Wildman–Crippen MR) is 295 cm³/mol. The highest BCUT2D eigenvalue weighted by atomic mass is 35.5. The highest BCUT2D eigenvalue weighted by Crippen LogP contribution is 2.48. The van der Waals surface area contributed by atoms with Gasteiger partial charge >= 0.3 is 13.8 Å². The van der Waals surface area contributed by atoms with Crippen molar-refractivity contribution in [3.63, 3.8) is 0 Å². The van der Waals surface area contributed by atoms with E-state index in [1.54, 1.807) is 56.8 Å². The van der Waals surface area contributed by atoms with E-state index in [1.165, 1.54) is 23.3 Å². The molecule has 0 aliphatic carbocycles. The monoisotopic (exact) mass is 1120 g/mol. The molecule has 2 N–H and O–H groups in total. The molecule has 404 valence electrons. The van der Waals surface area contributed by atoms with Gasteiger partial charge in [-0.1, -0.05) is 66.2 Å². The van der Waals surface area contributed by atoms with Gasteiger partial charge in [-0.25, -0.2) is 26.4 Å². The van der Waals surface area contributed by atoms with Crippen molar-refractivity contribution in [2.45, 2.75) is 60.6 Å². The van der Waals surface area contributed by atoms with Crippen LogP contribution in [0.2, 0.25) is 5.02 Å². The van der Waals surface area contributed by atoms with E-state index in [4.69, 9.17) is 30.1 Å². The van der Waals surface area contributed by atoms with E-state index in [0.717, 1.165) is 61.2 Å². The number of amides is 1. The van der Waals surface area contributed by atoms with Crippen LogP contribution >= 0.6 is 31.0 Å². The van der Waals surface area contributed by atoms with Crippen LogP contribution in [-0.4, -0.2) is 146 Å². The summed E-state index contributed by atoms with van der Waals surface area (Å²) in [4.78, 5) is 34.6. The lowest BCUT2D eigenvalue weighted by molar-refractivity contribution is -0.0140. The van der Waals surface area contributed by atoms with Crippen LogP contribution < -0.4 is 14.9 Å². The highest BCUT2D eigenvalue weighted by molar-refractivity contribution is 7.99. The maximum absolute atomic E-state index is 13.8. The van der Waals surface area contributed by atoms with E-state index in [2.05, 4.69) is 42.9 Å². The molecule has 2 aliphatic rings. The van der Waals surface area contributed by atoms with Crippen molar-refractivity contribution in [2.75, 3.05) is 101 Å². The van der Waals surface area contributed by atoms with E-state index in [1.807, 2.05) is 65.6 Å². The number of hydrogen-bond acceptors (Lipinski definition) is 17. The molecule has 5 aromatic rings. The molecule has 0 spiro atoms. The van der Waals surface area contributed by atoms with E-state index >= 15 is 0 Å². The number of piperazine rings is 2. The van der Waals surface area contributed by atoms with Gasteiger partial charge in [0.2, 0.25) is 6.79 Å². The quantitative estimate of drug-likeness (QED) is 0.0257. The number of nitrogens with one attached hydrogen (secondary N) is 2. The Morgan fingerprint density at radius 3 is 2.09 bits per heavy atom. The van der Waals surface area contributed by atoms with Gasteiger partial charge in [-0.05, 0) is 111 Å². The molecule has 22 heteroatoms. The Morgan fingerprint density at radius 1 is 0.773 bits per heavy atom. The van der Waals surface area contributed by atoms with Crippen molar-refractivity contribution >= 4 is 74.3 Å². The Kier molecular flexibility index (Phi) is 20.7. The minimum atomic E-state index is -4.51. The molecule has 0 bridgehead atoms. The van der Waals surface area contributed by atoms with Gasteiger partial charge in [-0.3, -0.25) is 23.7 Å². The van der Waals surface area contributed by atoms with Crippen LogP contribution in [-0.2, 0) is 49.5 Å². The molecule has 2 fully saturated rings. The summed E-state index contributed by atoms with van der Waals surface area (Å²) in [7, 11) is -12.1. The third-order valence-electron chi connectivity index (χ3n) is 12.6. The Morgan fingerprint density at radius 2 is 1.43 bits per heavy atom. The van der Waals surface area contributed by atoms with Crippen LogP contribution in [0.25, 0.3) is 11.1 Å². The number of halogens is 1. The van der Waals surface area contributed by atoms with Crippen LogP contribution in [0.5, 0.6) is 0 Å². The number of ether oxygens (including phenoxy) is 2. The van der Waals surface area contributed by atoms with Gasteiger partial charge in [0, 0.05) is 105 Å². The molecule has 1 unspecified atom stereocenters. The second kappa shape index (κ2) is 26.9. The fourth-order valence-corrected chi connectivity index (χ4v) is 13.4. The fourth-order valence-electron chi connectivity index (χ4n) is 8.70. The Bertz CT molecular complexity index is 2960. The molecule has 2 aliphatic heterocycles. The molecule has 2 saturated heterocycles. The number of rotatable bonds is 24. The average Bonchev–Trinajstić information content (AvgIpc) is 3.38. The topological polar surface area (TPSA) is 193 Å². The highest BCUT2D eigenvalue weighted by Gasteiger charge is 2.31. The molecule has 7 rings (SSSR count). The number of carbonyl (C=O) groups is 2. The number of sulfone groups is 1. The van der Waals surface area contributed by atoms with Gasteiger partial charge in [-0.15, -0.1) is 11.8 Å². The van der Waals surface area contributed by atoms with Crippen molar-refractivity contribution < 1.29 is 49.5 Å². The minimum absolute atomic E-state index is 0.00950. The molecular formula is C53H66ClN6O11PS3. The number of hydrogen-bond donors (Lipinski definition) is 2. The summed E-state index contributed by atoms with van der Waals surface area (Å²) in [5.41, 5.74) is 4.79. The number of nitrogens with zero attached hydrogens (tertiary/aromatic N) is 4. The molecule has 0 saturated carbocycles. The number of carbonyl (C=O) groups excluding carboxylic acids is 2. The standard InChI is InChI=1S/C53H66ClN6O11PS3/c1-5-69-72(63,70-39-68-53(62)71-40(2)3)38-59-29-27-57(28-30-59)26-25-45(37-73-47-12-7-6-8-13-47)55-50-24-23-48(35-51(50)74(4,64)65)75(66,67)56-52(61)42-17-21-46(22-18-42)60-33-31-58(32-34-60)36-43-11-9-10-14-49(43)41-15-19-44(54)20-16-41/h6-24,35,40,45,55H,5,25-34,36-39H2,1-4H3,(H,56,61)/t45-,72?/m1/s1. The van der Waals surface area contributed by atoms with E-state index in [0.29, 0.717) is 49.9 Å². The first kappa shape index (κ1) is 57.7. The average molecular weight is 1130 g/mol. The van der Waals surface area contributed by atoms with Crippen molar-refractivity contribution in [2.24, 2.45) is 0 Å².